The Morgan fingerprint density at radius 1 is 1.37 bits per heavy atom. The molecule has 100 valence electrons. The maximum absolute atomic E-state index is 5.47. The molecule has 0 saturated carbocycles. The Hall–Kier alpha value is -1.97. The van der Waals surface area contributed by atoms with Gasteiger partial charge < -0.3 is 10.1 Å². The number of para-hydroxylation sites is 1. The van der Waals surface area contributed by atoms with E-state index >= 15 is 0 Å². The molecule has 1 aliphatic rings. The van der Waals surface area contributed by atoms with E-state index in [4.69, 9.17) is 4.74 Å². The van der Waals surface area contributed by atoms with Crippen LogP contribution in [0.25, 0.3) is 0 Å². The van der Waals surface area contributed by atoms with Gasteiger partial charge in [0, 0.05) is 24.7 Å². The summed E-state index contributed by atoms with van der Waals surface area (Å²) in [5, 5.41) is 7.87. The quantitative estimate of drug-likeness (QED) is 0.899. The van der Waals surface area contributed by atoms with Crippen molar-refractivity contribution in [1.82, 2.24) is 9.78 Å². The van der Waals surface area contributed by atoms with Gasteiger partial charge in [0.25, 0.3) is 0 Å². The van der Waals surface area contributed by atoms with Crippen molar-refractivity contribution in [2.75, 3.05) is 12.4 Å². The van der Waals surface area contributed by atoms with Crippen LogP contribution in [0.15, 0.2) is 30.5 Å². The lowest BCUT2D eigenvalue weighted by Crippen LogP contribution is -2.27. The Labute approximate surface area is 113 Å². The van der Waals surface area contributed by atoms with Crippen LogP contribution >= 0.6 is 0 Å². The number of nitrogens with zero attached hydrogens (tertiary/aromatic N) is 2. The van der Waals surface area contributed by atoms with Crippen molar-refractivity contribution in [3.05, 3.63) is 41.7 Å². The maximum Gasteiger partial charge on any atom is 0.160 e. The molecule has 2 atom stereocenters. The van der Waals surface area contributed by atoms with Crippen LogP contribution in [0.2, 0.25) is 0 Å². The number of aryl methyl sites for hydroxylation is 1. The van der Waals surface area contributed by atoms with E-state index in [0.29, 0.717) is 12.0 Å². The predicted octanol–water partition coefficient (Wildman–Crippen LogP) is 2.76. The molecule has 0 saturated heterocycles. The van der Waals surface area contributed by atoms with Crippen LogP contribution in [0.1, 0.15) is 30.5 Å². The van der Waals surface area contributed by atoms with Gasteiger partial charge in [-0.3, -0.25) is 4.68 Å². The van der Waals surface area contributed by atoms with Crippen molar-refractivity contribution in [1.29, 1.82) is 0 Å². The molecule has 1 aromatic carbocycles. The van der Waals surface area contributed by atoms with Gasteiger partial charge >= 0.3 is 0 Å². The summed E-state index contributed by atoms with van der Waals surface area (Å²) < 4.78 is 7.39. The molecule has 0 amide bonds. The van der Waals surface area contributed by atoms with Gasteiger partial charge in [-0.05, 0) is 25.0 Å². The van der Waals surface area contributed by atoms with E-state index in [1.165, 1.54) is 11.3 Å². The number of hydrogen-bond donors (Lipinski definition) is 1. The molecule has 4 heteroatoms. The number of methoxy groups -OCH3 is 1. The van der Waals surface area contributed by atoms with Gasteiger partial charge in [0.2, 0.25) is 0 Å². The molecular weight excluding hydrogens is 238 g/mol. The third-order valence-corrected chi connectivity index (χ3v) is 3.83. The van der Waals surface area contributed by atoms with Gasteiger partial charge in [0.15, 0.2) is 5.75 Å². The summed E-state index contributed by atoms with van der Waals surface area (Å²) in [6.45, 7) is 2.21. The number of fused-ring (bicyclic) bond motifs is 1. The van der Waals surface area contributed by atoms with Crippen molar-refractivity contribution < 1.29 is 4.74 Å². The van der Waals surface area contributed by atoms with Crippen molar-refractivity contribution >= 4 is 5.69 Å². The number of hydrogen-bond acceptors (Lipinski definition) is 3. The number of ether oxygens (including phenoxy) is 1. The fraction of sp³-hybridized carbons (Fsp3) is 0.400. The number of anilines is 1. The first-order chi connectivity index (χ1) is 9.20. The fourth-order valence-electron chi connectivity index (χ4n) is 2.98. The first-order valence-corrected chi connectivity index (χ1v) is 6.62. The monoisotopic (exact) mass is 257 g/mol. The van der Waals surface area contributed by atoms with Gasteiger partial charge in [-0.1, -0.05) is 18.2 Å². The minimum Gasteiger partial charge on any atom is -0.493 e. The molecule has 1 aromatic heterocycles. The number of nitrogens with one attached hydrogen (secondary N) is 1. The number of aromatic nitrogens is 2. The summed E-state index contributed by atoms with van der Waals surface area (Å²) in [5.74, 6) is 1.20. The number of rotatable bonds is 2. The molecule has 0 spiro atoms. The van der Waals surface area contributed by atoms with Crippen LogP contribution in [0.4, 0.5) is 5.69 Å². The predicted molar refractivity (Wildman–Crippen MR) is 75.7 cm³/mol. The molecule has 4 nitrogen and oxygen atoms in total. The highest BCUT2D eigenvalue weighted by Gasteiger charge is 2.29. The maximum atomic E-state index is 5.47. The summed E-state index contributed by atoms with van der Waals surface area (Å²) in [6, 6.07) is 8.93. The lowest BCUT2D eigenvalue weighted by molar-refractivity contribution is 0.402. The van der Waals surface area contributed by atoms with Gasteiger partial charge in [0.05, 0.1) is 19.0 Å². The lowest BCUT2D eigenvalue weighted by Gasteiger charge is -2.31. The molecule has 0 radical (unpaired) electrons. The van der Waals surface area contributed by atoms with Gasteiger partial charge in [-0.25, -0.2) is 0 Å². The zero-order valence-corrected chi connectivity index (χ0v) is 11.6. The first-order valence-electron chi connectivity index (χ1n) is 6.62. The minimum atomic E-state index is 0.329. The SMILES string of the molecule is COc1cnn(C)c1C1CC(C)Nc2ccccc21. The molecule has 1 aliphatic heterocycles. The second kappa shape index (κ2) is 4.61. The highest BCUT2D eigenvalue weighted by Crippen LogP contribution is 2.41. The molecule has 0 aliphatic carbocycles. The molecule has 1 N–H and O–H groups in total. The zero-order chi connectivity index (χ0) is 13.4. The summed E-state index contributed by atoms with van der Waals surface area (Å²) in [6.07, 6.45) is 2.84. The topological polar surface area (TPSA) is 39.1 Å². The van der Waals surface area contributed by atoms with Crippen molar-refractivity contribution in [3.8, 4) is 5.75 Å². The lowest BCUT2D eigenvalue weighted by atomic mass is 9.85. The molecule has 2 unspecified atom stereocenters. The normalized spacial score (nSPS) is 21.6. The highest BCUT2D eigenvalue weighted by molar-refractivity contribution is 5.58. The summed E-state index contributed by atoms with van der Waals surface area (Å²) in [4.78, 5) is 0. The summed E-state index contributed by atoms with van der Waals surface area (Å²) >= 11 is 0. The van der Waals surface area contributed by atoms with E-state index in [-0.39, 0.29) is 0 Å². The van der Waals surface area contributed by atoms with Crippen LogP contribution in [0, 0.1) is 0 Å². The second-order valence-corrected chi connectivity index (χ2v) is 5.14. The van der Waals surface area contributed by atoms with Crippen molar-refractivity contribution in [3.63, 3.8) is 0 Å². The van der Waals surface area contributed by atoms with Gasteiger partial charge in [0.1, 0.15) is 0 Å². The zero-order valence-electron chi connectivity index (χ0n) is 11.6. The van der Waals surface area contributed by atoms with E-state index in [1.54, 1.807) is 13.3 Å². The molecule has 0 fully saturated rings. The molecule has 19 heavy (non-hydrogen) atoms. The molecule has 2 heterocycles. The van der Waals surface area contributed by atoms with E-state index < -0.39 is 0 Å². The van der Waals surface area contributed by atoms with Crippen LogP contribution < -0.4 is 10.1 Å². The van der Waals surface area contributed by atoms with Gasteiger partial charge in [-0.15, -0.1) is 0 Å². The third kappa shape index (κ3) is 1.97. The van der Waals surface area contributed by atoms with E-state index in [1.807, 2.05) is 11.7 Å². The summed E-state index contributed by atoms with van der Waals surface area (Å²) in [5.41, 5.74) is 3.69. The van der Waals surface area contributed by atoms with E-state index in [9.17, 15) is 0 Å². The average Bonchev–Trinajstić information content (AvgIpc) is 2.78. The van der Waals surface area contributed by atoms with Gasteiger partial charge in [-0.2, -0.15) is 5.10 Å². The second-order valence-electron chi connectivity index (χ2n) is 5.14. The van der Waals surface area contributed by atoms with Crippen LogP contribution in [0.3, 0.4) is 0 Å². The Bertz CT molecular complexity index is 591. The number of benzene rings is 1. The Morgan fingerprint density at radius 2 is 2.16 bits per heavy atom. The van der Waals surface area contributed by atoms with E-state index in [0.717, 1.165) is 17.9 Å². The van der Waals surface area contributed by atoms with Crippen molar-refractivity contribution in [2.45, 2.75) is 25.3 Å². The summed E-state index contributed by atoms with van der Waals surface area (Å²) in [7, 11) is 3.68. The first kappa shape index (κ1) is 12.1. The largest absolute Gasteiger partial charge is 0.493 e. The van der Waals surface area contributed by atoms with Crippen molar-refractivity contribution in [2.24, 2.45) is 7.05 Å². The van der Waals surface area contributed by atoms with Crippen LogP contribution in [0.5, 0.6) is 5.75 Å². The Balaban J connectivity index is 2.12. The third-order valence-electron chi connectivity index (χ3n) is 3.83. The highest BCUT2D eigenvalue weighted by atomic mass is 16.5. The molecular formula is C15H19N3O. The molecule has 0 bridgehead atoms. The Morgan fingerprint density at radius 3 is 2.95 bits per heavy atom. The molecule has 3 rings (SSSR count). The minimum absolute atomic E-state index is 0.329. The van der Waals surface area contributed by atoms with Crippen LogP contribution in [-0.4, -0.2) is 22.9 Å². The average molecular weight is 257 g/mol. The standard InChI is InChI=1S/C15H19N3O/c1-10-8-12(11-6-4-5-7-13(11)17-10)15-14(19-3)9-16-18(15)2/h4-7,9-10,12,17H,8H2,1-3H3. The fourth-order valence-corrected chi connectivity index (χ4v) is 2.98. The van der Waals surface area contributed by atoms with E-state index in [2.05, 4.69) is 41.6 Å². The van der Waals surface area contributed by atoms with Crippen LogP contribution in [-0.2, 0) is 7.05 Å². The molecule has 2 aromatic rings. The Kier molecular flexibility index (Phi) is 2.93. The smallest absolute Gasteiger partial charge is 0.160 e.